The summed E-state index contributed by atoms with van der Waals surface area (Å²) < 4.78 is 0. The van der Waals surface area contributed by atoms with Gasteiger partial charge in [-0.25, -0.2) is 4.79 Å². The van der Waals surface area contributed by atoms with Crippen LogP contribution in [0.3, 0.4) is 0 Å². The highest BCUT2D eigenvalue weighted by atomic mass is 16.4. The maximum absolute atomic E-state index is 12.5. The van der Waals surface area contributed by atoms with Crippen molar-refractivity contribution in [1.29, 1.82) is 0 Å². The summed E-state index contributed by atoms with van der Waals surface area (Å²) in [6.07, 6.45) is 0.219. The van der Waals surface area contributed by atoms with Gasteiger partial charge in [0.15, 0.2) is 0 Å². The van der Waals surface area contributed by atoms with Crippen molar-refractivity contribution in [2.24, 2.45) is 17.6 Å². The third kappa shape index (κ3) is 8.63. The van der Waals surface area contributed by atoms with Gasteiger partial charge in [0.25, 0.3) is 0 Å². The van der Waals surface area contributed by atoms with E-state index in [1.54, 1.807) is 39.8 Å². The molecule has 0 saturated carbocycles. The third-order valence-corrected chi connectivity index (χ3v) is 4.65. The van der Waals surface area contributed by atoms with Crippen LogP contribution in [0, 0.1) is 11.8 Å². The number of carbonyl (C=O) groups is 4. The van der Waals surface area contributed by atoms with Crippen LogP contribution in [0.15, 0.2) is 24.3 Å². The molecule has 0 spiro atoms. The average molecular weight is 437 g/mol. The van der Waals surface area contributed by atoms with Crippen LogP contribution in [0.5, 0.6) is 5.75 Å². The second-order valence-corrected chi connectivity index (χ2v) is 8.05. The number of carboxylic acids is 1. The van der Waals surface area contributed by atoms with Gasteiger partial charge in [-0.2, -0.15) is 0 Å². The number of carboxylic acid groups (broad SMARTS) is 1. The van der Waals surface area contributed by atoms with E-state index in [4.69, 9.17) is 5.73 Å². The molecule has 10 heteroatoms. The van der Waals surface area contributed by atoms with Crippen molar-refractivity contribution in [2.75, 3.05) is 6.54 Å². The lowest BCUT2D eigenvalue weighted by molar-refractivity contribution is -0.143. The van der Waals surface area contributed by atoms with Crippen LogP contribution >= 0.6 is 0 Å². The fourth-order valence-corrected chi connectivity index (χ4v) is 2.79. The van der Waals surface area contributed by atoms with Gasteiger partial charge in [0.2, 0.25) is 17.7 Å². The van der Waals surface area contributed by atoms with Crippen LogP contribution in [0.4, 0.5) is 0 Å². The molecule has 3 unspecified atom stereocenters. The van der Waals surface area contributed by atoms with Crippen molar-refractivity contribution >= 4 is 23.7 Å². The second-order valence-electron chi connectivity index (χ2n) is 8.05. The summed E-state index contributed by atoms with van der Waals surface area (Å²) in [5, 5.41) is 25.9. The molecule has 0 bridgehead atoms. The number of hydrogen-bond acceptors (Lipinski definition) is 6. The second kappa shape index (κ2) is 11.9. The van der Waals surface area contributed by atoms with Gasteiger partial charge in [-0.1, -0.05) is 39.8 Å². The number of phenolic OH excluding ortho intramolecular Hbond substituents is 1. The molecule has 3 amide bonds. The molecule has 3 atom stereocenters. The van der Waals surface area contributed by atoms with Gasteiger partial charge in [-0.3, -0.25) is 14.4 Å². The first-order valence-electron chi connectivity index (χ1n) is 10.1. The van der Waals surface area contributed by atoms with Crippen LogP contribution in [0.1, 0.15) is 33.3 Å². The smallest absolute Gasteiger partial charge is 0.326 e. The maximum atomic E-state index is 12.5. The minimum absolute atomic E-state index is 0.102. The summed E-state index contributed by atoms with van der Waals surface area (Å²) in [5.41, 5.74) is 6.61. The van der Waals surface area contributed by atoms with E-state index in [1.165, 1.54) is 12.1 Å². The minimum atomic E-state index is -1.16. The molecule has 0 fully saturated rings. The van der Waals surface area contributed by atoms with Crippen LogP contribution in [-0.2, 0) is 25.6 Å². The lowest BCUT2D eigenvalue weighted by atomic mass is 10.0. The summed E-state index contributed by atoms with van der Waals surface area (Å²) in [5.74, 6) is -3.45. The molecule has 0 heterocycles. The van der Waals surface area contributed by atoms with Crippen LogP contribution in [-0.4, -0.2) is 58.6 Å². The Morgan fingerprint density at radius 2 is 1.45 bits per heavy atom. The van der Waals surface area contributed by atoms with Crippen LogP contribution < -0.4 is 21.7 Å². The van der Waals surface area contributed by atoms with E-state index in [-0.39, 0.29) is 30.6 Å². The highest BCUT2D eigenvalue weighted by Gasteiger charge is 2.30. The molecular weight excluding hydrogens is 404 g/mol. The van der Waals surface area contributed by atoms with Crippen molar-refractivity contribution in [2.45, 2.75) is 52.2 Å². The molecule has 0 aliphatic heterocycles. The third-order valence-electron chi connectivity index (χ3n) is 4.65. The van der Waals surface area contributed by atoms with Gasteiger partial charge in [0.05, 0.1) is 12.6 Å². The molecule has 1 rings (SSSR count). The first-order valence-corrected chi connectivity index (χ1v) is 10.1. The standard InChI is InChI=1S/C21H32N4O6/c1-11(2)17(20(29)25-18(12(3)4)21(30)31)24-16(27)10-23-19(28)15(22)9-13-5-7-14(26)8-6-13/h5-8,11-12,15,17-18,26H,9-10,22H2,1-4H3,(H,23,28)(H,24,27)(H,25,29)(H,30,31). The van der Waals surface area contributed by atoms with E-state index >= 15 is 0 Å². The Morgan fingerprint density at radius 1 is 0.903 bits per heavy atom. The fourth-order valence-electron chi connectivity index (χ4n) is 2.79. The first-order chi connectivity index (χ1) is 14.4. The Bertz CT molecular complexity index is 779. The van der Waals surface area contributed by atoms with Crippen molar-refractivity contribution in [1.82, 2.24) is 16.0 Å². The average Bonchev–Trinajstić information content (AvgIpc) is 2.68. The van der Waals surface area contributed by atoms with Crippen molar-refractivity contribution in [3.8, 4) is 5.75 Å². The Hall–Kier alpha value is -3.14. The van der Waals surface area contributed by atoms with Crippen LogP contribution in [0.25, 0.3) is 0 Å². The summed E-state index contributed by atoms with van der Waals surface area (Å²) in [7, 11) is 0. The molecule has 0 aliphatic rings. The highest BCUT2D eigenvalue weighted by Crippen LogP contribution is 2.11. The van der Waals surface area contributed by atoms with E-state index in [1.807, 2.05) is 0 Å². The maximum Gasteiger partial charge on any atom is 0.326 e. The molecular formula is C21H32N4O6. The number of hydrogen-bond donors (Lipinski definition) is 6. The van der Waals surface area contributed by atoms with Crippen LogP contribution in [0.2, 0.25) is 0 Å². The minimum Gasteiger partial charge on any atom is -0.508 e. The molecule has 31 heavy (non-hydrogen) atoms. The number of nitrogens with one attached hydrogen (secondary N) is 3. The van der Waals surface area contributed by atoms with Gasteiger partial charge in [0.1, 0.15) is 17.8 Å². The van der Waals surface area contributed by atoms with E-state index in [2.05, 4.69) is 16.0 Å². The summed E-state index contributed by atoms with van der Waals surface area (Å²) in [4.78, 5) is 48.2. The van der Waals surface area contributed by atoms with Gasteiger partial charge >= 0.3 is 5.97 Å². The Morgan fingerprint density at radius 3 is 1.94 bits per heavy atom. The number of carbonyl (C=O) groups excluding carboxylic acids is 3. The highest BCUT2D eigenvalue weighted by molar-refractivity contribution is 5.92. The number of rotatable bonds is 11. The zero-order valence-electron chi connectivity index (χ0n) is 18.2. The molecule has 172 valence electrons. The van der Waals surface area contributed by atoms with E-state index in [0.29, 0.717) is 0 Å². The molecule has 10 nitrogen and oxygen atoms in total. The Labute approximate surface area is 181 Å². The molecule has 1 aromatic carbocycles. The van der Waals surface area contributed by atoms with Crippen molar-refractivity contribution in [3.63, 3.8) is 0 Å². The van der Waals surface area contributed by atoms with Crippen molar-refractivity contribution < 1.29 is 29.4 Å². The van der Waals surface area contributed by atoms with Gasteiger partial charge in [-0.15, -0.1) is 0 Å². The van der Waals surface area contributed by atoms with E-state index in [9.17, 15) is 29.4 Å². The number of phenols is 1. The predicted molar refractivity (Wildman–Crippen MR) is 114 cm³/mol. The van der Waals surface area contributed by atoms with E-state index in [0.717, 1.165) is 5.56 Å². The SMILES string of the molecule is CC(C)C(NC(=O)C(NC(=O)CNC(=O)C(N)Cc1ccc(O)cc1)C(C)C)C(=O)O. The van der Waals surface area contributed by atoms with Crippen molar-refractivity contribution in [3.05, 3.63) is 29.8 Å². The molecule has 0 radical (unpaired) electrons. The summed E-state index contributed by atoms with van der Waals surface area (Å²) in [6, 6.07) is 3.31. The predicted octanol–water partition coefficient (Wildman–Crippen LogP) is -0.256. The molecule has 0 saturated heterocycles. The lowest BCUT2D eigenvalue weighted by Gasteiger charge is -2.25. The molecule has 0 aliphatic carbocycles. The molecule has 7 N–H and O–H groups in total. The first kappa shape index (κ1) is 25.9. The lowest BCUT2D eigenvalue weighted by Crippen LogP contribution is -2.56. The normalized spacial score (nSPS) is 13.9. The monoisotopic (exact) mass is 436 g/mol. The Balaban J connectivity index is 2.60. The topological polar surface area (TPSA) is 171 Å². The van der Waals surface area contributed by atoms with Gasteiger partial charge in [0, 0.05) is 0 Å². The zero-order valence-corrected chi connectivity index (χ0v) is 18.2. The van der Waals surface area contributed by atoms with Gasteiger partial charge < -0.3 is 31.9 Å². The molecule has 1 aromatic rings. The number of amides is 3. The summed E-state index contributed by atoms with van der Waals surface area (Å²) >= 11 is 0. The molecule has 0 aromatic heterocycles. The number of aliphatic carboxylic acids is 1. The number of nitrogens with two attached hydrogens (primary N) is 1. The van der Waals surface area contributed by atoms with E-state index < -0.39 is 41.8 Å². The number of aromatic hydroxyl groups is 1. The quantitative estimate of drug-likeness (QED) is 0.277. The largest absolute Gasteiger partial charge is 0.508 e. The summed E-state index contributed by atoms with van der Waals surface area (Å²) in [6.45, 7) is 6.37. The number of benzene rings is 1. The van der Waals surface area contributed by atoms with Gasteiger partial charge in [-0.05, 0) is 36.0 Å². The fraction of sp³-hybridized carbons (Fsp3) is 0.524. The Kier molecular flexibility index (Phi) is 9.94. The zero-order chi connectivity index (χ0) is 23.7.